The largest absolute Gasteiger partial charge is 0.340 e. The lowest BCUT2D eigenvalue weighted by Crippen LogP contribution is -2.19. The third kappa shape index (κ3) is 6.41. The fourth-order valence-corrected chi connectivity index (χ4v) is 9.89. The SMILES string of the molecule is CCN1c2ccccc2Sc2cc(C#Cc3ccc(S(=O)(=O)c4ccc(C#Cc5ccc6c(c5)Sc5ccccc5N6CC)cc4)cc3)ccc21. The standard InChI is InChI=1S/C44H32N2O2S3/c1-3-45-37-9-5-7-11-41(37)49-43-29-33(21-27-39(43)45)15-13-31-17-23-35(24-18-31)51(47,48)36-25-19-32(20-26-36)14-16-34-22-28-40-44(30-34)50-42-12-8-6-10-38(42)46(40)4-2/h5-12,17-30H,3-4H2,1-2H3. The number of hydrogen-bond acceptors (Lipinski definition) is 6. The molecule has 0 unspecified atom stereocenters. The molecule has 0 atom stereocenters. The zero-order chi connectivity index (χ0) is 35.0. The molecular formula is C44H32N2O2S3. The topological polar surface area (TPSA) is 40.6 Å². The first-order valence-corrected chi connectivity index (χ1v) is 19.9. The van der Waals surface area contributed by atoms with E-state index in [1.807, 2.05) is 12.1 Å². The normalized spacial score (nSPS) is 12.7. The third-order valence-corrected chi connectivity index (χ3v) is 12.9. The van der Waals surface area contributed by atoms with Crippen LogP contribution >= 0.6 is 23.5 Å². The van der Waals surface area contributed by atoms with Gasteiger partial charge in [-0.05, 0) is 123 Å². The Morgan fingerprint density at radius 3 is 1.22 bits per heavy atom. The van der Waals surface area contributed by atoms with Crippen molar-refractivity contribution < 1.29 is 8.42 Å². The van der Waals surface area contributed by atoms with Crippen LogP contribution in [-0.2, 0) is 9.84 Å². The summed E-state index contributed by atoms with van der Waals surface area (Å²) in [5.41, 5.74) is 8.15. The molecule has 0 N–H and O–H groups in total. The summed E-state index contributed by atoms with van der Waals surface area (Å²) in [5, 5.41) is 0. The molecule has 0 fully saturated rings. The smallest absolute Gasteiger partial charge is 0.206 e. The van der Waals surface area contributed by atoms with Crippen molar-refractivity contribution in [2.24, 2.45) is 0 Å². The predicted octanol–water partition coefficient (Wildman–Crippen LogP) is 10.6. The molecule has 0 spiro atoms. The zero-order valence-electron chi connectivity index (χ0n) is 28.1. The number of fused-ring (bicyclic) bond motifs is 4. The Morgan fingerprint density at radius 1 is 0.451 bits per heavy atom. The number of nitrogens with zero attached hydrogens (tertiary/aromatic N) is 2. The Bertz CT molecular complexity index is 2370. The van der Waals surface area contributed by atoms with E-state index in [1.165, 1.54) is 42.3 Å². The van der Waals surface area contributed by atoms with Gasteiger partial charge in [-0.25, -0.2) is 8.42 Å². The highest BCUT2D eigenvalue weighted by molar-refractivity contribution is 8.00. The van der Waals surface area contributed by atoms with Crippen LogP contribution in [0.5, 0.6) is 0 Å². The van der Waals surface area contributed by atoms with Gasteiger partial charge in [0.2, 0.25) is 9.84 Å². The van der Waals surface area contributed by atoms with Gasteiger partial charge in [-0.2, -0.15) is 0 Å². The molecular weight excluding hydrogens is 685 g/mol. The van der Waals surface area contributed by atoms with Crippen molar-refractivity contribution in [3.63, 3.8) is 0 Å². The van der Waals surface area contributed by atoms with E-state index >= 15 is 0 Å². The van der Waals surface area contributed by atoms with Crippen molar-refractivity contribution >= 4 is 56.1 Å². The van der Waals surface area contributed by atoms with Crippen molar-refractivity contribution in [3.05, 3.63) is 156 Å². The van der Waals surface area contributed by atoms with Gasteiger partial charge in [0.1, 0.15) is 0 Å². The Kier molecular flexibility index (Phi) is 8.88. The van der Waals surface area contributed by atoms with Crippen LogP contribution in [0.15, 0.2) is 163 Å². The van der Waals surface area contributed by atoms with Crippen LogP contribution in [0.1, 0.15) is 36.1 Å². The number of sulfone groups is 1. The molecule has 0 amide bonds. The second-order valence-corrected chi connectivity index (χ2v) is 16.2. The first kappa shape index (κ1) is 32.9. The minimum atomic E-state index is -3.70. The summed E-state index contributed by atoms with van der Waals surface area (Å²) >= 11 is 3.52. The van der Waals surface area contributed by atoms with E-state index in [-0.39, 0.29) is 9.79 Å². The van der Waals surface area contributed by atoms with Gasteiger partial charge < -0.3 is 9.80 Å². The van der Waals surface area contributed by atoms with Crippen molar-refractivity contribution in [1.82, 2.24) is 0 Å². The molecule has 0 saturated heterocycles. The predicted molar refractivity (Wildman–Crippen MR) is 210 cm³/mol. The Morgan fingerprint density at radius 2 is 0.804 bits per heavy atom. The molecule has 51 heavy (non-hydrogen) atoms. The van der Waals surface area contributed by atoms with Gasteiger partial charge in [-0.1, -0.05) is 71.5 Å². The van der Waals surface area contributed by atoms with Crippen LogP contribution in [0.25, 0.3) is 0 Å². The summed E-state index contributed by atoms with van der Waals surface area (Å²) in [6, 6.07) is 43.0. The van der Waals surface area contributed by atoms with Crippen LogP contribution in [0, 0.1) is 23.7 Å². The molecule has 2 aliphatic rings. The van der Waals surface area contributed by atoms with Crippen molar-refractivity contribution in [2.45, 2.75) is 43.2 Å². The monoisotopic (exact) mass is 716 g/mol. The lowest BCUT2D eigenvalue weighted by Gasteiger charge is -2.31. The molecule has 248 valence electrons. The number of hydrogen-bond donors (Lipinski definition) is 0. The van der Waals surface area contributed by atoms with Gasteiger partial charge in [0.25, 0.3) is 0 Å². The lowest BCUT2D eigenvalue weighted by molar-refractivity contribution is 0.596. The molecule has 6 aromatic carbocycles. The van der Waals surface area contributed by atoms with E-state index in [0.29, 0.717) is 0 Å². The Hall–Kier alpha value is -5.31. The summed E-state index contributed by atoms with van der Waals surface area (Å²) in [7, 11) is -3.70. The third-order valence-electron chi connectivity index (χ3n) is 8.92. The first-order chi connectivity index (χ1) is 24.9. The van der Waals surface area contributed by atoms with Crippen LogP contribution in [0.2, 0.25) is 0 Å². The van der Waals surface area contributed by atoms with Gasteiger partial charge in [0, 0.05) is 54.9 Å². The fourth-order valence-electron chi connectivity index (χ4n) is 6.36. The zero-order valence-corrected chi connectivity index (χ0v) is 30.5. The fraction of sp³-hybridized carbons (Fsp3) is 0.0909. The molecule has 0 bridgehead atoms. The summed E-state index contributed by atoms with van der Waals surface area (Å²) in [6.07, 6.45) is 0. The van der Waals surface area contributed by atoms with Gasteiger partial charge in [0.15, 0.2) is 0 Å². The van der Waals surface area contributed by atoms with E-state index in [2.05, 4.69) is 120 Å². The van der Waals surface area contributed by atoms with Gasteiger partial charge in [-0.15, -0.1) is 0 Å². The van der Waals surface area contributed by atoms with Crippen molar-refractivity contribution in [3.8, 4) is 23.7 Å². The van der Waals surface area contributed by atoms with Gasteiger partial charge in [0.05, 0.1) is 32.5 Å². The summed E-state index contributed by atoms with van der Waals surface area (Å²) in [5.74, 6) is 12.9. The van der Waals surface area contributed by atoms with E-state index in [4.69, 9.17) is 0 Å². The van der Waals surface area contributed by atoms with Crippen molar-refractivity contribution in [1.29, 1.82) is 0 Å². The summed E-state index contributed by atoms with van der Waals surface area (Å²) < 4.78 is 27.0. The average molecular weight is 717 g/mol. The minimum absolute atomic E-state index is 0.227. The molecule has 4 nitrogen and oxygen atoms in total. The highest BCUT2D eigenvalue weighted by atomic mass is 32.2. The quantitative estimate of drug-likeness (QED) is 0.169. The molecule has 0 aromatic heterocycles. The Labute approximate surface area is 308 Å². The highest BCUT2D eigenvalue weighted by Crippen LogP contribution is 2.49. The molecule has 2 heterocycles. The number of rotatable bonds is 4. The van der Waals surface area contributed by atoms with E-state index in [1.54, 1.807) is 72.1 Å². The molecule has 8 rings (SSSR count). The minimum Gasteiger partial charge on any atom is -0.340 e. The van der Waals surface area contributed by atoms with E-state index in [0.717, 1.165) is 35.3 Å². The molecule has 2 aliphatic heterocycles. The van der Waals surface area contributed by atoms with Gasteiger partial charge >= 0.3 is 0 Å². The van der Waals surface area contributed by atoms with Crippen molar-refractivity contribution in [2.75, 3.05) is 22.9 Å². The molecule has 0 radical (unpaired) electrons. The van der Waals surface area contributed by atoms with Gasteiger partial charge in [-0.3, -0.25) is 0 Å². The van der Waals surface area contributed by atoms with Crippen LogP contribution < -0.4 is 9.80 Å². The Balaban J connectivity index is 0.956. The lowest BCUT2D eigenvalue weighted by atomic mass is 10.1. The van der Waals surface area contributed by atoms with Crippen LogP contribution in [0.3, 0.4) is 0 Å². The van der Waals surface area contributed by atoms with Crippen LogP contribution in [-0.4, -0.2) is 21.5 Å². The van der Waals surface area contributed by atoms with E-state index in [9.17, 15) is 8.42 Å². The number of para-hydroxylation sites is 2. The van der Waals surface area contributed by atoms with Crippen LogP contribution in [0.4, 0.5) is 22.7 Å². The summed E-state index contributed by atoms with van der Waals surface area (Å²) in [4.78, 5) is 9.92. The second kappa shape index (κ2) is 13.8. The summed E-state index contributed by atoms with van der Waals surface area (Å²) in [6.45, 7) is 6.09. The first-order valence-electron chi connectivity index (χ1n) is 16.8. The number of benzene rings is 6. The maximum absolute atomic E-state index is 13.5. The molecule has 0 aliphatic carbocycles. The maximum atomic E-state index is 13.5. The molecule has 6 aromatic rings. The molecule has 7 heteroatoms. The second-order valence-electron chi connectivity index (χ2n) is 12.0. The number of anilines is 4. The average Bonchev–Trinajstić information content (AvgIpc) is 3.17. The highest BCUT2D eigenvalue weighted by Gasteiger charge is 2.23. The maximum Gasteiger partial charge on any atom is 0.206 e. The molecule has 0 saturated carbocycles. The van der Waals surface area contributed by atoms with E-state index < -0.39 is 9.84 Å².